The number of benzene rings is 1. The molecule has 2 rings (SSSR count). The Morgan fingerprint density at radius 2 is 1.79 bits per heavy atom. The molecule has 6 heteroatoms. The second-order valence-electron chi connectivity index (χ2n) is 6.59. The van der Waals surface area contributed by atoms with Gasteiger partial charge in [0.25, 0.3) is 6.43 Å². The first-order valence-corrected chi connectivity index (χ1v) is 8.35. The molecule has 0 unspecified atom stereocenters. The van der Waals surface area contributed by atoms with E-state index in [-0.39, 0.29) is 36.7 Å². The number of halogens is 3. The minimum atomic E-state index is -2.53. The van der Waals surface area contributed by atoms with Crippen LogP contribution in [0.15, 0.2) is 30.3 Å². The topological polar surface area (TPSA) is 46.3 Å². The average Bonchev–Trinajstić information content (AvgIpc) is 2.55. The van der Waals surface area contributed by atoms with Crippen molar-refractivity contribution < 1.29 is 13.6 Å². The highest BCUT2D eigenvalue weighted by atomic mass is 35.5. The molecule has 0 heterocycles. The SMILES string of the molecule is Cl.NCC1(CC(=O)N(Cc2ccccc2)CC(F)F)CCCCC1. The summed E-state index contributed by atoms with van der Waals surface area (Å²) in [7, 11) is 0. The van der Waals surface area contributed by atoms with E-state index in [0.29, 0.717) is 6.54 Å². The van der Waals surface area contributed by atoms with Gasteiger partial charge < -0.3 is 10.6 Å². The van der Waals surface area contributed by atoms with Crippen molar-refractivity contribution in [3.63, 3.8) is 0 Å². The smallest absolute Gasteiger partial charge is 0.255 e. The summed E-state index contributed by atoms with van der Waals surface area (Å²) in [5.74, 6) is -0.207. The summed E-state index contributed by atoms with van der Waals surface area (Å²) < 4.78 is 25.8. The van der Waals surface area contributed by atoms with Crippen LogP contribution in [0.4, 0.5) is 8.78 Å². The van der Waals surface area contributed by atoms with Crippen molar-refractivity contribution >= 4 is 18.3 Å². The Labute approximate surface area is 149 Å². The molecule has 0 aliphatic heterocycles. The summed E-state index contributed by atoms with van der Waals surface area (Å²) in [6.45, 7) is 0.158. The van der Waals surface area contributed by atoms with Crippen LogP contribution in [0.5, 0.6) is 0 Å². The number of alkyl halides is 2. The molecule has 1 fully saturated rings. The highest BCUT2D eigenvalue weighted by molar-refractivity contribution is 5.85. The van der Waals surface area contributed by atoms with Gasteiger partial charge in [0, 0.05) is 13.0 Å². The molecule has 0 radical (unpaired) electrons. The molecule has 0 atom stereocenters. The first kappa shape index (κ1) is 20.8. The van der Waals surface area contributed by atoms with Crippen molar-refractivity contribution in [2.24, 2.45) is 11.1 Å². The molecule has 2 N–H and O–H groups in total. The normalized spacial score (nSPS) is 16.5. The fourth-order valence-corrected chi connectivity index (χ4v) is 3.41. The molecule has 0 aromatic heterocycles. The molecule has 24 heavy (non-hydrogen) atoms. The minimum Gasteiger partial charge on any atom is -0.333 e. The monoisotopic (exact) mass is 360 g/mol. The lowest BCUT2D eigenvalue weighted by Crippen LogP contribution is -2.41. The molecule has 1 aromatic carbocycles. The fourth-order valence-electron chi connectivity index (χ4n) is 3.41. The number of amides is 1. The molecular formula is C18H27ClF2N2O. The first-order valence-electron chi connectivity index (χ1n) is 8.35. The Morgan fingerprint density at radius 3 is 2.33 bits per heavy atom. The summed E-state index contributed by atoms with van der Waals surface area (Å²) in [5.41, 5.74) is 6.59. The molecule has 136 valence electrons. The van der Waals surface area contributed by atoms with Gasteiger partial charge in [-0.1, -0.05) is 49.6 Å². The molecule has 1 aliphatic carbocycles. The number of hydrogen-bond donors (Lipinski definition) is 1. The van der Waals surface area contributed by atoms with Gasteiger partial charge in [0.15, 0.2) is 0 Å². The zero-order chi connectivity index (χ0) is 16.7. The van der Waals surface area contributed by atoms with Gasteiger partial charge in [-0.05, 0) is 30.4 Å². The van der Waals surface area contributed by atoms with E-state index >= 15 is 0 Å². The third-order valence-corrected chi connectivity index (χ3v) is 4.80. The van der Waals surface area contributed by atoms with Crippen LogP contribution in [0.3, 0.4) is 0 Å². The lowest BCUT2D eigenvalue weighted by atomic mass is 9.71. The van der Waals surface area contributed by atoms with Crippen LogP contribution in [0.1, 0.15) is 44.1 Å². The number of nitrogens with zero attached hydrogens (tertiary/aromatic N) is 1. The first-order chi connectivity index (χ1) is 11.0. The third-order valence-electron chi connectivity index (χ3n) is 4.80. The van der Waals surface area contributed by atoms with Crippen LogP contribution in [-0.2, 0) is 11.3 Å². The van der Waals surface area contributed by atoms with Crippen molar-refractivity contribution in [3.05, 3.63) is 35.9 Å². The van der Waals surface area contributed by atoms with E-state index in [9.17, 15) is 13.6 Å². The number of carbonyl (C=O) groups excluding carboxylic acids is 1. The predicted octanol–water partition coefficient (Wildman–Crippen LogP) is 4.00. The Morgan fingerprint density at radius 1 is 1.17 bits per heavy atom. The van der Waals surface area contributed by atoms with Crippen molar-refractivity contribution in [2.75, 3.05) is 13.1 Å². The Kier molecular flexibility index (Phi) is 8.63. The van der Waals surface area contributed by atoms with Crippen molar-refractivity contribution in [1.82, 2.24) is 4.90 Å². The molecule has 1 aliphatic rings. The van der Waals surface area contributed by atoms with Gasteiger partial charge >= 0.3 is 0 Å². The summed E-state index contributed by atoms with van der Waals surface area (Å²) in [6, 6.07) is 9.27. The highest BCUT2D eigenvalue weighted by Gasteiger charge is 2.34. The average molecular weight is 361 g/mol. The summed E-state index contributed by atoms with van der Waals surface area (Å²) in [4.78, 5) is 13.9. The summed E-state index contributed by atoms with van der Waals surface area (Å²) in [6.07, 6.45) is 2.90. The van der Waals surface area contributed by atoms with E-state index in [1.165, 1.54) is 11.3 Å². The van der Waals surface area contributed by atoms with Crippen molar-refractivity contribution in [1.29, 1.82) is 0 Å². The largest absolute Gasteiger partial charge is 0.333 e. The molecule has 0 spiro atoms. The molecule has 0 bridgehead atoms. The fraction of sp³-hybridized carbons (Fsp3) is 0.611. The molecule has 1 amide bonds. The predicted molar refractivity (Wildman–Crippen MR) is 94.3 cm³/mol. The van der Waals surface area contributed by atoms with E-state index in [1.54, 1.807) is 0 Å². The Bertz CT molecular complexity index is 493. The maximum absolute atomic E-state index is 12.9. The lowest BCUT2D eigenvalue weighted by Gasteiger charge is -2.37. The molecule has 1 aromatic rings. The van der Waals surface area contributed by atoms with Gasteiger partial charge in [-0.2, -0.15) is 0 Å². The van der Waals surface area contributed by atoms with E-state index in [4.69, 9.17) is 5.73 Å². The standard InChI is InChI=1S/C18H26F2N2O.ClH/c19-16(20)13-22(12-15-7-3-1-4-8-15)17(23)11-18(14-21)9-5-2-6-10-18;/h1,3-4,7-8,16H,2,5-6,9-14,21H2;1H. The van der Waals surface area contributed by atoms with Crippen LogP contribution >= 0.6 is 12.4 Å². The van der Waals surface area contributed by atoms with Crippen molar-refractivity contribution in [3.8, 4) is 0 Å². The zero-order valence-corrected chi connectivity index (χ0v) is 14.7. The van der Waals surface area contributed by atoms with Crippen LogP contribution in [0.25, 0.3) is 0 Å². The van der Waals surface area contributed by atoms with E-state index in [1.807, 2.05) is 30.3 Å². The third kappa shape index (κ3) is 6.02. The molecular weight excluding hydrogens is 334 g/mol. The van der Waals surface area contributed by atoms with Crippen LogP contribution in [-0.4, -0.2) is 30.3 Å². The van der Waals surface area contributed by atoms with E-state index in [2.05, 4.69) is 0 Å². The van der Waals surface area contributed by atoms with Crippen LogP contribution in [0, 0.1) is 5.41 Å². The Balaban J connectivity index is 0.00000288. The highest BCUT2D eigenvalue weighted by Crippen LogP contribution is 2.38. The lowest BCUT2D eigenvalue weighted by molar-refractivity contribution is -0.136. The van der Waals surface area contributed by atoms with Gasteiger partial charge in [-0.3, -0.25) is 4.79 Å². The van der Waals surface area contributed by atoms with E-state index < -0.39 is 13.0 Å². The van der Waals surface area contributed by atoms with Gasteiger partial charge in [0.1, 0.15) is 0 Å². The summed E-state index contributed by atoms with van der Waals surface area (Å²) >= 11 is 0. The van der Waals surface area contributed by atoms with E-state index in [0.717, 1.165) is 31.2 Å². The van der Waals surface area contributed by atoms with Crippen LogP contribution < -0.4 is 5.73 Å². The molecule has 3 nitrogen and oxygen atoms in total. The van der Waals surface area contributed by atoms with Gasteiger partial charge in [-0.25, -0.2) is 8.78 Å². The second-order valence-corrected chi connectivity index (χ2v) is 6.59. The number of hydrogen-bond acceptors (Lipinski definition) is 2. The van der Waals surface area contributed by atoms with Crippen molar-refractivity contribution in [2.45, 2.75) is 51.5 Å². The van der Waals surface area contributed by atoms with Gasteiger partial charge in [0.2, 0.25) is 5.91 Å². The molecule has 0 saturated heterocycles. The maximum atomic E-state index is 12.9. The van der Waals surface area contributed by atoms with Crippen LogP contribution in [0.2, 0.25) is 0 Å². The quantitative estimate of drug-likeness (QED) is 0.798. The second kappa shape index (κ2) is 9.94. The Hall–Kier alpha value is -1.20. The minimum absolute atomic E-state index is 0. The number of nitrogens with two attached hydrogens (primary N) is 1. The number of carbonyl (C=O) groups is 1. The van der Waals surface area contributed by atoms with Gasteiger partial charge in [-0.15, -0.1) is 12.4 Å². The molecule has 1 saturated carbocycles. The number of rotatable bonds is 7. The maximum Gasteiger partial charge on any atom is 0.255 e. The van der Waals surface area contributed by atoms with Gasteiger partial charge in [0.05, 0.1) is 6.54 Å². The summed E-state index contributed by atoms with van der Waals surface area (Å²) in [5, 5.41) is 0. The zero-order valence-electron chi connectivity index (χ0n) is 13.9.